The molecule has 1 saturated heterocycles. The number of carbonyl (C=O) groups excluding carboxylic acids is 1. The number of rotatable bonds is 6. The number of nitrogens with zero attached hydrogens (tertiary/aromatic N) is 3. The molecule has 7 nitrogen and oxygen atoms in total. The maximum atomic E-state index is 12.6. The molecule has 1 N–H and O–H groups in total. The predicted molar refractivity (Wildman–Crippen MR) is 114 cm³/mol. The molecular weight excluding hydrogens is 408 g/mol. The Morgan fingerprint density at radius 1 is 1.00 bits per heavy atom. The Balaban J connectivity index is 1.29. The van der Waals surface area contributed by atoms with Crippen molar-refractivity contribution < 1.29 is 13.2 Å². The fraction of sp³-hybridized carbons (Fsp3) is 0.300. The first kappa shape index (κ1) is 19.9. The molecule has 1 amide bonds. The van der Waals surface area contributed by atoms with Crippen molar-refractivity contribution in [2.75, 3.05) is 31.9 Å². The van der Waals surface area contributed by atoms with E-state index in [0.717, 1.165) is 16.6 Å². The SMILES string of the molecule is O=C(CSc1nc2ccccc2[nH]1)N1CCN(S(=O)(=O)Cc2ccccc2)CC1. The number of fused-ring (bicyclic) bond motifs is 1. The third-order valence-corrected chi connectivity index (χ3v) is 7.58. The van der Waals surface area contributed by atoms with E-state index in [4.69, 9.17) is 0 Å². The second kappa shape index (κ2) is 8.56. The fourth-order valence-electron chi connectivity index (χ4n) is 3.31. The summed E-state index contributed by atoms with van der Waals surface area (Å²) < 4.78 is 26.7. The van der Waals surface area contributed by atoms with Gasteiger partial charge in [-0.15, -0.1) is 0 Å². The number of carbonyl (C=O) groups is 1. The highest BCUT2D eigenvalue weighted by molar-refractivity contribution is 7.99. The second-order valence-corrected chi connectivity index (χ2v) is 9.80. The van der Waals surface area contributed by atoms with Crippen molar-refractivity contribution in [2.24, 2.45) is 0 Å². The van der Waals surface area contributed by atoms with Crippen molar-refractivity contribution in [3.8, 4) is 0 Å². The predicted octanol–water partition coefficient (Wildman–Crippen LogP) is 2.33. The van der Waals surface area contributed by atoms with Crippen molar-refractivity contribution in [1.82, 2.24) is 19.2 Å². The molecule has 1 aromatic heterocycles. The van der Waals surface area contributed by atoms with Crippen LogP contribution in [0.4, 0.5) is 0 Å². The Morgan fingerprint density at radius 3 is 2.41 bits per heavy atom. The molecule has 1 aliphatic rings. The lowest BCUT2D eigenvalue weighted by atomic mass is 10.2. The van der Waals surface area contributed by atoms with Crippen LogP contribution in [0.25, 0.3) is 11.0 Å². The molecule has 1 aliphatic heterocycles. The van der Waals surface area contributed by atoms with Crippen LogP contribution < -0.4 is 0 Å². The summed E-state index contributed by atoms with van der Waals surface area (Å²) in [4.78, 5) is 21.9. The number of H-pyrrole nitrogens is 1. The van der Waals surface area contributed by atoms with E-state index in [0.29, 0.717) is 31.3 Å². The maximum absolute atomic E-state index is 12.6. The van der Waals surface area contributed by atoms with Gasteiger partial charge < -0.3 is 9.88 Å². The third-order valence-electron chi connectivity index (χ3n) is 4.88. The molecule has 0 bridgehead atoms. The van der Waals surface area contributed by atoms with Gasteiger partial charge in [-0.25, -0.2) is 13.4 Å². The van der Waals surface area contributed by atoms with Crippen LogP contribution in [0.2, 0.25) is 0 Å². The molecule has 9 heteroatoms. The van der Waals surface area contributed by atoms with Gasteiger partial charge in [-0.3, -0.25) is 4.79 Å². The summed E-state index contributed by atoms with van der Waals surface area (Å²) >= 11 is 1.37. The van der Waals surface area contributed by atoms with Gasteiger partial charge in [0.2, 0.25) is 15.9 Å². The third kappa shape index (κ3) is 4.80. The summed E-state index contributed by atoms with van der Waals surface area (Å²) in [5.74, 6) is 0.260. The number of benzene rings is 2. The van der Waals surface area contributed by atoms with Gasteiger partial charge in [-0.05, 0) is 17.7 Å². The van der Waals surface area contributed by atoms with Gasteiger partial charge in [0.05, 0.1) is 22.5 Å². The summed E-state index contributed by atoms with van der Waals surface area (Å²) in [6, 6.07) is 16.9. The van der Waals surface area contributed by atoms with Gasteiger partial charge in [-0.1, -0.05) is 54.2 Å². The molecule has 2 heterocycles. The minimum Gasteiger partial charge on any atom is -0.339 e. The largest absolute Gasteiger partial charge is 0.339 e. The molecule has 4 rings (SSSR count). The molecule has 0 radical (unpaired) electrons. The highest BCUT2D eigenvalue weighted by Gasteiger charge is 2.29. The van der Waals surface area contributed by atoms with Crippen molar-refractivity contribution in [3.63, 3.8) is 0 Å². The summed E-state index contributed by atoms with van der Waals surface area (Å²) in [7, 11) is -3.38. The molecule has 29 heavy (non-hydrogen) atoms. The minimum absolute atomic E-state index is 0.00411. The van der Waals surface area contributed by atoms with E-state index in [9.17, 15) is 13.2 Å². The standard InChI is InChI=1S/C20H22N4O3S2/c25-19(14-28-20-21-17-8-4-5-9-18(17)22-20)23-10-12-24(13-11-23)29(26,27)15-16-6-2-1-3-7-16/h1-9H,10-15H2,(H,21,22). The topological polar surface area (TPSA) is 86.4 Å². The molecular formula is C20H22N4O3S2. The lowest BCUT2D eigenvalue weighted by Gasteiger charge is -2.34. The summed E-state index contributed by atoms with van der Waals surface area (Å²) in [6.45, 7) is 1.48. The highest BCUT2D eigenvalue weighted by atomic mass is 32.2. The Hall–Kier alpha value is -2.36. The van der Waals surface area contributed by atoms with Crippen LogP contribution in [0.5, 0.6) is 0 Å². The van der Waals surface area contributed by atoms with Crippen LogP contribution in [-0.4, -0.2) is 65.4 Å². The molecule has 0 spiro atoms. The van der Waals surface area contributed by atoms with Gasteiger partial charge in [0.1, 0.15) is 0 Å². The number of sulfonamides is 1. The molecule has 0 atom stereocenters. The zero-order valence-corrected chi connectivity index (χ0v) is 17.5. The molecule has 1 fully saturated rings. The number of para-hydroxylation sites is 2. The molecule has 152 valence electrons. The van der Waals surface area contributed by atoms with E-state index in [1.807, 2.05) is 54.6 Å². The van der Waals surface area contributed by atoms with E-state index in [-0.39, 0.29) is 17.4 Å². The number of amides is 1. The Labute approximate surface area is 174 Å². The van der Waals surface area contributed by atoms with Crippen LogP contribution in [-0.2, 0) is 20.6 Å². The first-order chi connectivity index (χ1) is 14.0. The smallest absolute Gasteiger partial charge is 0.233 e. The number of nitrogens with one attached hydrogen (secondary N) is 1. The van der Waals surface area contributed by atoms with Crippen molar-refractivity contribution in [3.05, 3.63) is 60.2 Å². The van der Waals surface area contributed by atoms with E-state index in [1.165, 1.54) is 16.1 Å². The Kier molecular flexibility index (Phi) is 5.89. The minimum atomic E-state index is -3.38. The van der Waals surface area contributed by atoms with Crippen molar-refractivity contribution in [2.45, 2.75) is 10.9 Å². The van der Waals surface area contributed by atoms with E-state index in [2.05, 4.69) is 9.97 Å². The van der Waals surface area contributed by atoms with Gasteiger partial charge in [-0.2, -0.15) is 4.31 Å². The number of thioether (sulfide) groups is 1. The summed E-state index contributed by atoms with van der Waals surface area (Å²) in [6.07, 6.45) is 0. The normalized spacial score (nSPS) is 15.7. The Morgan fingerprint density at radius 2 is 1.69 bits per heavy atom. The molecule has 3 aromatic rings. The number of hydrogen-bond acceptors (Lipinski definition) is 5. The average Bonchev–Trinajstić information content (AvgIpc) is 3.15. The van der Waals surface area contributed by atoms with Gasteiger partial charge in [0.15, 0.2) is 5.16 Å². The lowest BCUT2D eigenvalue weighted by molar-refractivity contribution is -0.129. The van der Waals surface area contributed by atoms with Gasteiger partial charge in [0, 0.05) is 26.2 Å². The fourth-order valence-corrected chi connectivity index (χ4v) is 5.61. The summed E-state index contributed by atoms with van der Waals surface area (Å²) in [5, 5.41) is 0.712. The Bertz CT molecular complexity index is 1060. The summed E-state index contributed by atoms with van der Waals surface area (Å²) in [5.41, 5.74) is 2.59. The monoisotopic (exact) mass is 430 g/mol. The second-order valence-electron chi connectivity index (χ2n) is 6.87. The van der Waals surface area contributed by atoms with Crippen LogP contribution in [0.15, 0.2) is 59.8 Å². The van der Waals surface area contributed by atoms with Crippen LogP contribution in [0.1, 0.15) is 5.56 Å². The number of piperazine rings is 1. The molecule has 0 aliphatic carbocycles. The van der Waals surface area contributed by atoms with Crippen LogP contribution >= 0.6 is 11.8 Å². The molecule has 0 unspecified atom stereocenters. The van der Waals surface area contributed by atoms with Gasteiger partial charge >= 0.3 is 0 Å². The van der Waals surface area contributed by atoms with Gasteiger partial charge in [0.25, 0.3) is 0 Å². The van der Waals surface area contributed by atoms with E-state index < -0.39 is 10.0 Å². The van der Waals surface area contributed by atoms with Crippen LogP contribution in [0.3, 0.4) is 0 Å². The molecule has 2 aromatic carbocycles. The number of hydrogen-bond donors (Lipinski definition) is 1. The number of imidazole rings is 1. The maximum Gasteiger partial charge on any atom is 0.233 e. The highest BCUT2D eigenvalue weighted by Crippen LogP contribution is 2.20. The first-order valence-electron chi connectivity index (χ1n) is 9.38. The molecule has 0 saturated carbocycles. The van der Waals surface area contributed by atoms with Crippen molar-refractivity contribution >= 4 is 38.7 Å². The quantitative estimate of drug-likeness (QED) is 0.607. The van der Waals surface area contributed by atoms with E-state index in [1.54, 1.807) is 4.90 Å². The van der Waals surface area contributed by atoms with Crippen molar-refractivity contribution in [1.29, 1.82) is 0 Å². The average molecular weight is 431 g/mol. The first-order valence-corrected chi connectivity index (χ1v) is 12.0. The number of aromatic nitrogens is 2. The zero-order valence-electron chi connectivity index (χ0n) is 15.8. The van der Waals surface area contributed by atoms with E-state index >= 15 is 0 Å². The van der Waals surface area contributed by atoms with Crippen LogP contribution in [0, 0.1) is 0 Å². The zero-order chi connectivity index (χ0) is 20.3. The lowest BCUT2D eigenvalue weighted by Crippen LogP contribution is -2.51. The number of aromatic amines is 1.